The van der Waals surface area contributed by atoms with E-state index in [-0.39, 0.29) is 18.5 Å². The fourth-order valence-corrected chi connectivity index (χ4v) is 2.09. The molecule has 0 spiro atoms. The zero-order chi connectivity index (χ0) is 15.4. The van der Waals surface area contributed by atoms with E-state index in [1.165, 1.54) is 12.0 Å². The highest BCUT2D eigenvalue weighted by Gasteiger charge is 2.27. The van der Waals surface area contributed by atoms with Gasteiger partial charge in [0.2, 0.25) is 0 Å². The van der Waals surface area contributed by atoms with Gasteiger partial charge in [0.05, 0.1) is 12.7 Å². The van der Waals surface area contributed by atoms with Gasteiger partial charge in [-0.2, -0.15) is 0 Å². The lowest BCUT2D eigenvalue weighted by Crippen LogP contribution is -2.41. The predicted molar refractivity (Wildman–Crippen MR) is 75.6 cm³/mol. The van der Waals surface area contributed by atoms with Gasteiger partial charge in [-0.1, -0.05) is 6.07 Å². The minimum absolute atomic E-state index is 0.0997. The molecule has 0 aliphatic carbocycles. The van der Waals surface area contributed by atoms with Gasteiger partial charge in [-0.05, 0) is 26.0 Å². The van der Waals surface area contributed by atoms with E-state index in [9.17, 15) is 9.59 Å². The number of hydrogen-bond donors (Lipinski definition) is 0. The van der Waals surface area contributed by atoms with Crippen molar-refractivity contribution in [2.24, 2.45) is 0 Å². The van der Waals surface area contributed by atoms with E-state index in [0.717, 1.165) is 0 Å². The third-order valence-electron chi connectivity index (χ3n) is 3.21. The Kier molecular flexibility index (Phi) is 4.67. The Morgan fingerprint density at radius 1 is 1.29 bits per heavy atom. The quantitative estimate of drug-likeness (QED) is 0.787. The molecular formula is C15H19NO5. The van der Waals surface area contributed by atoms with E-state index in [0.29, 0.717) is 30.3 Å². The Balaban J connectivity index is 2.31. The fourth-order valence-electron chi connectivity index (χ4n) is 2.09. The number of carbonyl (C=O) groups is 2. The van der Waals surface area contributed by atoms with Gasteiger partial charge >= 0.3 is 5.97 Å². The van der Waals surface area contributed by atoms with Gasteiger partial charge in [0, 0.05) is 6.04 Å². The van der Waals surface area contributed by atoms with E-state index in [1.54, 1.807) is 18.2 Å². The molecule has 0 atom stereocenters. The molecule has 6 heteroatoms. The lowest BCUT2D eigenvalue weighted by molar-refractivity contribution is -0.141. The normalized spacial score (nSPS) is 13.0. The number of esters is 1. The Morgan fingerprint density at radius 3 is 2.67 bits per heavy atom. The highest BCUT2D eigenvalue weighted by molar-refractivity contribution is 5.99. The van der Waals surface area contributed by atoms with Gasteiger partial charge in [-0.25, -0.2) is 0 Å². The highest BCUT2D eigenvalue weighted by Crippen LogP contribution is 2.34. The molecule has 1 amide bonds. The first kappa shape index (κ1) is 15.2. The van der Waals surface area contributed by atoms with E-state index in [1.807, 2.05) is 13.8 Å². The van der Waals surface area contributed by atoms with Crippen LogP contribution in [0.15, 0.2) is 18.2 Å². The number of carbonyl (C=O) groups excluding carboxylic acids is 2. The first-order chi connectivity index (χ1) is 10.0. The van der Waals surface area contributed by atoms with Crippen molar-refractivity contribution in [1.82, 2.24) is 4.90 Å². The lowest BCUT2D eigenvalue weighted by atomic mass is 10.1. The Morgan fingerprint density at radius 2 is 2.00 bits per heavy atom. The van der Waals surface area contributed by atoms with Crippen LogP contribution in [0.4, 0.5) is 0 Å². The Labute approximate surface area is 123 Å². The van der Waals surface area contributed by atoms with Crippen molar-refractivity contribution in [1.29, 1.82) is 0 Å². The molecular weight excluding hydrogens is 274 g/mol. The third kappa shape index (κ3) is 3.26. The lowest BCUT2D eigenvalue weighted by Gasteiger charge is -2.27. The number of nitrogens with zero attached hydrogens (tertiary/aromatic N) is 1. The van der Waals surface area contributed by atoms with Crippen LogP contribution in [0.25, 0.3) is 0 Å². The molecule has 114 valence electrons. The molecule has 0 aromatic heterocycles. The zero-order valence-corrected chi connectivity index (χ0v) is 12.4. The van der Waals surface area contributed by atoms with E-state index < -0.39 is 5.97 Å². The average Bonchev–Trinajstić information content (AvgIpc) is 2.50. The molecule has 1 heterocycles. The molecule has 1 aliphatic heterocycles. The number of fused-ring (bicyclic) bond motifs is 1. The molecule has 0 saturated heterocycles. The fraction of sp³-hybridized carbons (Fsp3) is 0.467. The standard InChI is InChI=1S/C15H19NO5/c1-10(2)16(9-13(17)19-3)15(18)11-5-4-6-12-14(11)21-8-7-20-12/h4-6,10H,7-9H2,1-3H3. The number of amides is 1. The summed E-state index contributed by atoms with van der Waals surface area (Å²) < 4.78 is 15.7. The van der Waals surface area contributed by atoms with Gasteiger partial charge < -0.3 is 19.1 Å². The van der Waals surface area contributed by atoms with Crippen molar-refractivity contribution in [3.05, 3.63) is 23.8 Å². The molecule has 6 nitrogen and oxygen atoms in total. The van der Waals surface area contributed by atoms with Crippen LogP contribution in [0.5, 0.6) is 11.5 Å². The topological polar surface area (TPSA) is 65.1 Å². The molecule has 0 bridgehead atoms. The first-order valence-corrected chi connectivity index (χ1v) is 6.81. The Bertz CT molecular complexity index is 541. The molecule has 0 fully saturated rings. The predicted octanol–water partition coefficient (Wildman–Crippen LogP) is 1.48. The molecule has 21 heavy (non-hydrogen) atoms. The summed E-state index contributed by atoms with van der Waals surface area (Å²) in [4.78, 5) is 25.6. The van der Waals surface area contributed by atoms with Crippen LogP contribution in [0.3, 0.4) is 0 Å². The van der Waals surface area contributed by atoms with Gasteiger partial charge in [0.15, 0.2) is 11.5 Å². The van der Waals surface area contributed by atoms with Crippen LogP contribution in [0.1, 0.15) is 24.2 Å². The van der Waals surface area contributed by atoms with Crippen molar-refractivity contribution in [2.45, 2.75) is 19.9 Å². The summed E-state index contributed by atoms with van der Waals surface area (Å²) in [7, 11) is 1.30. The second-order valence-corrected chi connectivity index (χ2v) is 4.93. The second-order valence-electron chi connectivity index (χ2n) is 4.93. The molecule has 1 aromatic rings. The van der Waals surface area contributed by atoms with E-state index in [4.69, 9.17) is 9.47 Å². The molecule has 0 radical (unpaired) electrons. The summed E-state index contributed by atoms with van der Waals surface area (Å²) in [5.74, 6) is 0.245. The minimum Gasteiger partial charge on any atom is -0.486 e. The summed E-state index contributed by atoms with van der Waals surface area (Å²) in [5.41, 5.74) is 0.393. The van der Waals surface area contributed by atoms with Crippen molar-refractivity contribution in [3.8, 4) is 11.5 Å². The number of methoxy groups -OCH3 is 1. The number of rotatable bonds is 4. The molecule has 2 rings (SSSR count). The maximum absolute atomic E-state index is 12.7. The van der Waals surface area contributed by atoms with Gasteiger partial charge in [0.25, 0.3) is 5.91 Å². The minimum atomic E-state index is -0.459. The monoisotopic (exact) mass is 293 g/mol. The largest absolute Gasteiger partial charge is 0.486 e. The number of para-hydroxylation sites is 1. The van der Waals surface area contributed by atoms with E-state index in [2.05, 4.69) is 4.74 Å². The van der Waals surface area contributed by atoms with Crippen LogP contribution in [0, 0.1) is 0 Å². The smallest absolute Gasteiger partial charge is 0.325 e. The van der Waals surface area contributed by atoms with Crippen molar-refractivity contribution in [3.63, 3.8) is 0 Å². The maximum Gasteiger partial charge on any atom is 0.325 e. The number of ether oxygens (including phenoxy) is 3. The summed E-state index contributed by atoms with van der Waals surface area (Å²) in [6.07, 6.45) is 0. The van der Waals surface area contributed by atoms with Crippen LogP contribution in [-0.2, 0) is 9.53 Å². The van der Waals surface area contributed by atoms with Crippen LogP contribution < -0.4 is 9.47 Å². The van der Waals surface area contributed by atoms with Gasteiger partial charge in [-0.3, -0.25) is 9.59 Å². The Hall–Kier alpha value is -2.24. The van der Waals surface area contributed by atoms with Crippen LogP contribution in [-0.4, -0.2) is 49.7 Å². The van der Waals surface area contributed by atoms with Gasteiger partial charge in [0.1, 0.15) is 19.8 Å². The third-order valence-corrected chi connectivity index (χ3v) is 3.21. The SMILES string of the molecule is COC(=O)CN(C(=O)c1cccc2c1OCCO2)C(C)C. The van der Waals surface area contributed by atoms with Crippen LogP contribution in [0.2, 0.25) is 0 Å². The van der Waals surface area contributed by atoms with Gasteiger partial charge in [-0.15, -0.1) is 0 Å². The second kappa shape index (κ2) is 6.47. The highest BCUT2D eigenvalue weighted by atomic mass is 16.6. The van der Waals surface area contributed by atoms with Crippen molar-refractivity contribution >= 4 is 11.9 Å². The molecule has 1 aliphatic rings. The average molecular weight is 293 g/mol. The zero-order valence-electron chi connectivity index (χ0n) is 12.4. The first-order valence-electron chi connectivity index (χ1n) is 6.81. The molecule has 0 unspecified atom stereocenters. The summed E-state index contributed by atoms with van der Waals surface area (Å²) >= 11 is 0. The van der Waals surface area contributed by atoms with Crippen molar-refractivity contribution < 1.29 is 23.8 Å². The number of benzene rings is 1. The summed E-state index contributed by atoms with van der Waals surface area (Å²) in [6, 6.07) is 5.02. The summed E-state index contributed by atoms with van der Waals surface area (Å²) in [5, 5.41) is 0. The van der Waals surface area contributed by atoms with E-state index >= 15 is 0 Å². The summed E-state index contributed by atoms with van der Waals surface area (Å²) in [6.45, 7) is 4.44. The molecule has 0 N–H and O–H groups in total. The number of hydrogen-bond acceptors (Lipinski definition) is 5. The molecule has 1 aromatic carbocycles. The van der Waals surface area contributed by atoms with Crippen LogP contribution >= 0.6 is 0 Å². The molecule has 0 saturated carbocycles. The maximum atomic E-state index is 12.7. The van der Waals surface area contributed by atoms with Crippen molar-refractivity contribution in [2.75, 3.05) is 26.9 Å².